The zero-order valence-electron chi connectivity index (χ0n) is 10.1. The van der Waals surface area contributed by atoms with Crippen LogP contribution in [0.15, 0.2) is 18.2 Å². The Hall–Kier alpha value is -2.08. The van der Waals surface area contributed by atoms with E-state index in [1.165, 1.54) is 30.4 Å². The van der Waals surface area contributed by atoms with Gasteiger partial charge in [0.2, 0.25) is 0 Å². The van der Waals surface area contributed by atoms with E-state index in [0.29, 0.717) is 15.0 Å². The van der Waals surface area contributed by atoms with Crippen LogP contribution >= 0.6 is 11.3 Å². The Bertz CT molecular complexity index is 619. The molecule has 1 aromatic heterocycles. The molecule has 1 aromatic carbocycles. The number of carbonyl (C=O) groups excluding carboxylic acids is 1. The Morgan fingerprint density at radius 3 is 2.47 bits per heavy atom. The van der Waals surface area contributed by atoms with Crippen molar-refractivity contribution >= 4 is 33.2 Å². The number of benzene rings is 1. The van der Waals surface area contributed by atoms with Crippen LogP contribution in [-0.2, 0) is 4.79 Å². The van der Waals surface area contributed by atoms with Gasteiger partial charge in [0.25, 0.3) is 0 Å². The van der Waals surface area contributed by atoms with Crippen LogP contribution < -0.4 is 0 Å². The molecule has 0 amide bonds. The third kappa shape index (κ3) is 2.68. The standard InChI is InChI=1S/C13H12O5S/c1-6(13(17)18)2-10(16)12-4-7-3-8(14)9(15)5-11(7)19-12/h3-6,14-15H,2H2,1H3,(H,17,18)/t6-/m0/s1. The number of Topliss-reactive ketones (excluding diaryl/α,β-unsaturated/α-hetero) is 1. The number of phenolic OH excluding ortho intramolecular Hbond substituents is 2. The first-order valence-electron chi connectivity index (χ1n) is 5.60. The maximum absolute atomic E-state index is 11.9. The smallest absolute Gasteiger partial charge is 0.306 e. The summed E-state index contributed by atoms with van der Waals surface area (Å²) in [5.74, 6) is -2.49. The van der Waals surface area contributed by atoms with E-state index in [1.54, 1.807) is 6.07 Å². The van der Waals surface area contributed by atoms with Crippen molar-refractivity contribution in [3.8, 4) is 11.5 Å². The molecule has 0 aliphatic rings. The summed E-state index contributed by atoms with van der Waals surface area (Å²) < 4.78 is 0.668. The number of phenols is 2. The van der Waals surface area contributed by atoms with E-state index in [9.17, 15) is 19.8 Å². The van der Waals surface area contributed by atoms with Crippen molar-refractivity contribution in [1.82, 2.24) is 0 Å². The van der Waals surface area contributed by atoms with Crippen molar-refractivity contribution in [2.24, 2.45) is 5.92 Å². The monoisotopic (exact) mass is 280 g/mol. The fourth-order valence-electron chi connectivity index (χ4n) is 1.67. The second-order valence-corrected chi connectivity index (χ2v) is 5.44. The molecule has 19 heavy (non-hydrogen) atoms. The molecule has 2 rings (SSSR count). The fourth-order valence-corrected chi connectivity index (χ4v) is 2.69. The number of ketones is 1. The van der Waals surface area contributed by atoms with E-state index < -0.39 is 11.9 Å². The lowest BCUT2D eigenvalue weighted by molar-refractivity contribution is -0.141. The van der Waals surface area contributed by atoms with Crippen molar-refractivity contribution in [3.63, 3.8) is 0 Å². The number of aromatic hydroxyl groups is 2. The number of carboxylic acid groups (broad SMARTS) is 1. The summed E-state index contributed by atoms with van der Waals surface area (Å²) in [7, 11) is 0. The molecular weight excluding hydrogens is 268 g/mol. The van der Waals surface area contributed by atoms with E-state index in [-0.39, 0.29) is 23.7 Å². The van der Waals surface area contributed by atoms with Crippen LogP contribution in [0.1, 0.15) is 23.0 Å². The van der Waals surface area contributed by atoms with Gasteiger partial charge in [-0.2, -0.15) is 0 Å². The molecule has 0 aliphatic heterocycles. The van der Waals surface area contributed by atoms with Gasteiger partial charge in [0.15, 0.2) is 17.3 Å². The van der Waals surface area contributed by atoms with Crippen LogP contribution in [0.25, 0.3) is 10.1 Å². The van der Waals surface area contributed by atoms with Gasteiger partial charge in [-0.25, -0.2) is 0 Å². The van der Waals surface area contributed by atoms with E-state index in [1.807, 2.05) is 0 Å². The van der Waals surface area contributed by atoms with Gasteiger partial charge < -0.3 is 15.3 Å². The molecular formula is C13H12O5S. The van der Waals surface area contributed by atoms with E-state index >= 15 is 0 Å². The lowest BCUT2D eigenvalue weighted by Gasteiger charge is -2.02. The molecule has 0 bridgehead atoms. The number of thiophene rings is 1. The van der Waals surface area contributed by atoms with Gasteiger partial charge in [0.1, 0.15) is 0 Å². The SMILES string of the molecule is C[C@@H](CC(=O)c1cc2cc(O)c(O)cc2s1)C(=O)O. The number of rotatable bonds is 4. The predicted octanol–water partition coefficient (Wildman–Crippen LogP) is 2.61. The quantitative estimate of drug-likeness (QED) is 0.591. The second kappa shape index (κ2) is 4.89. The molecule has 1 heterocycles. The first-order valence-corrected chi connectivity index (χ1v) is 6.41. The largest absolute Gasteiger partial charge is 0.504 e. The number of carboxylic acids is 1. The van der Waals surface area contributed by atoms with Gasteiger partial charge in [0.05, 0.1) is 10.8 Å². The zero-order valence-corrected chi connectivity index (χ0v) is 10.9. The van der Waals surface area contributed by atoms with Gasteiger partial charge in [-0.1, -0.05) is 6.92 Å². The molecule has 2 aromatic rings. The topological polar surface area (TPSA) is 94.8 Å². The summed E-state index contributed by atoms with van der Waals surface area (Å²) in [5.41, 5.74) is 0. The number of fused-ring (bicyclic) bond motifs is 1. The Kier molecular flexibility index (Phi) is 3.44. The Balaban J connectivity index is 2.31. The van der Waals surface area contributed by atoms with Crippen LogP contribution in [0.2, 0.25) is 0 Å². The average Bonchev–Trinajstić information content (AvgIpc) is 2.72. The molecule has 6 heteroatoms. The normalized spacial score (nSPS) is 12.5. The van der Waals surface area contributed by atoms with Crippen LogP contribution in [-0.4, -0.2) is 27.1 Å². The summed E-state index contributed by atoms with van der Waals surface area (Å²) in [5, 5.41) is 28.2. The van der Waals surface area contributed by atoms with E-state index in [4.69, 9.17) is 5.11 Å². The lowest BCUT2D eigenvalue weighted by atomic mass is 10.0. The second-order valence-electron chi connectivity index (χ2n) is 4.36. The molecule has 0 radical (unpaired) electrons. The molecule has 0 saturated carbocycles. The Morgan fingerprint density at radius 1 is 1.21 bits per heavy atom. The summed E-state index contributed by atoms with van der Waals surface area (Å²) in [4.78, 5) is 23.1. The molecule has 0 unspecified atom stereocenters. The minimum atomic E-state index is -1.01. The van der Waals surface area contributed by atoms with Gasteiger partial charge in [0, 0.05) is 17.2 Å². The van der Waals surface area contributed by atoms with Crippen LogP contribution in [0.4, 0.5) is 0 Å². The summed E-state index contributed by atoms with van der Waals surface area (Å²) in [6, 6.07) is 4.35. The zero-order chi connectivity index (χ0) is 14.2. The maximum atomic E-state index is 11.9. The van der Waals surface area contributed by atoms with Crippen LogP contribution in [0, 0.1) is 5.92 Å². The van der Waals surface area contributed by atoms with Crippen molar-refractivity contribution in [3.05, 3.63) is 23.1 Å². The summed E-state index contributed by atoms with van der Waals surface area (Å²) >= 11 is 1.17. The first kappa shape index (κ1) is 13.4. The molecule has 0 aliphatic carbocycles. The van der Waals surface area contributed by atoms with Gasteiger partial charge >= 0.3 is 5.97 Å². The minimum Gasteiger partial charge on any atom is -0.504 e. The van der Waals surface area contributed by atoms with Gasteiger partial charge in [-0.3, -0.25) is 9.59 Å². The number of hydrogen-bond acceptors (Lipinski definition) is 5. The Morgan fingerprint density at radius 2 is 1.84 bits per heavy atom. The average molecular weight is 280 g/mol. The van der Waals surface area contributed by atoms with E-state index in [2.05, 4.69) is 0 Å². The molecule has 0 fully saturated rings. The highest BCUT2D eigenvalue weighted by atomic mass is 32.1. The van der Waals surface area contributed by atoms with E-state index in [0.717, 1.165) is 0 Å². The minimum absolute atomic E-state index is 0.0693. The summed E-state index contributed by atoms with van der Waals surface area (Å²) in [6.45, 7) is 1.48. The predicted molar refractivity (Wildman–Crippen MR) is 70.9 cm³/mol. The van der Waals surface area contributed by atoms with Gasteiger partial charge in [-0.15, -0.1) is 11.3 Å². The molecule has 100 valence electrons. The number of aliphatic carboxylic acids is 1. The van der Waals surface area contributed by atoms with Crippen LogP contribution in [0.5, 0.6) is 11.5 Å². The molecule has 3 N–H and O–H groups in total. The van der Waals surface area contributed by atoms with Crippen molar-refractivity contribution in [1.29, 1.82) is 0 Å². The highest BCUT2D eigenvalue weighted by Crippen LogP contribution is 2.35. The highest BCUT2D eigenvalue weighted by Gasteiger charge is 2.19. The maximum Gasteiger partial charge on any atom is 0.306 e. The molecule has 0 spiro atoms. The first-order chi connectivity index (χ1) is 8.88. The molecule has 1 atom stereocenters. The van der Waals surface area contributed by atoms with Crippen molar-refractivity contribution in [2.45, 2.75) is 13.3 Å². The van der Waals surface area contributed by atoms with Crippen molar-refractivity contribution < 1.29 is 24.9 Å². The molecule has 5 nitrogen and oxygen atoms in total. The van der Waals surface area contributed by atoms with Crippen LogP contribution in [0.3, 0.4) is 0 Å². The highest BCUT2D eigenvalue weighted by molar-refractivity contribution is 7.20. The lowest BCUT2D eigenvalue weighted by Crippen LogP contribution is -2.13. The number of carbonyl (C=O) groups is 2. The third-order valence-corrected chi connectivity index (χ3v) is 3.94. The Labute approximate surface area is 112 Å². The molecule has 0 saturated heterocycles. The number of hydrogen-bond donors (Lipinski definition) is 3. The summed E-state index contributed by atoms with van der Waals surface area (Å²) in [6.07, 6.45) is -0.0693. The fraction of sp³-hybridized carbons (Fsp3) is 0.231. The van der Waals surface area contributed by atoms with Gasteiger partial charge in [-0.05, 0) is 17.5 Å². The van der Waals surface area contributed by atoms with Crippen molar-refractivity contribution in [2.75, 3.05) is 0 Å². The third-order valence-electron chi connectivity index (χ3n) is 2.80.